The van der Waals surface area contributed by atoms with Crippen LogP contribution in [0.1, 0.15) is 31.9 Å². The summed E-state index contributed by atoms with van der Waals surface area (Å²) in [4.78, 5) is 10.1. The third kappa shape index (κ3) is 2.81. The molecule has 0 aromatic heterocycles. The minimum atomic E-state index is -0.599. The first-order valence-electron chi connectivity index (χ1n) is 5.43. The van der Waals surface area contributed by atoms with Gasteiger partial charge in [-0.1, -0.05) is 19.9 Å². The largest absolute Gasteiger partial charge is 0.493 e. The number of nitrogens with zero attached hydrogens (tertiary/aromatic N) is 1. The van der Waals surface area contributed by atoms with Gasteiger partial charge in [-0.3, -0.25) is 10.1 Å². The summed E-state index contributed by atoms with van der Waals surface area (Å²) in [5.41, 5.74) is -0.212. The molecular weight excluding hydrogens is 225 g/mol. The van der Waals surface area contributed by atoms with Crippen molar-refractivity contribution in [2.45, 2.75) is 26.4 Å². The lowest BCUT2D eigenvalue weighted by atomic mass is 10.0. The van der Waals surface area contributed by atoms with Crippen LogP contribution in [0.15, 0.2) is 30.5 Å². The van der Waals surface area contributed by atoms with E-state index in [9.17, 15) is 14.5 Å². The van der Waals surface area contributed by atoms with Crippen LogP contribution >= 0.6 is 0 Å². The lowest BCUT2D eigenvalue weighted by molar-refractivity contribution is -0.386. The van der Waals surface area contributed by atoms with Crippen LogP contribution in [-0.2, 0) is 4.74 Å². The monoisotopic (exact) mass is 239 g/mol. The number of ether oxygens (including phenoxy) is 1. The molecule has 92 valence electrons. The van der Waals surface area contributed by atoms with Crippen LogP contribution in [-0.4, -0.2) is 4.92 Å². The van der Waals surface area contributed by atoms with Gasteiger partial charge in [-0.2, -0.15) is 0 Å². The minimum absolute atomic E-state index is 0.0208. The van der Waals surface area contributed by atoms with Crippen LogP contribution in [0.2, 0.25) is 0 Å². The van der Waals surface area contributed by atoms with Crippen molar-refractivity contribution < 1.29 is 14.1 Å². The summed E-state index contributed by atoms with van der Waals surface area (Å²) in [6.07, 6.45) is 3.02. The fourth-order valence-electron chi connectivity index (χ4n) is 1.57. The maximum absolute atomic E-state index is 13.5. The van der Waals surface area contributed by atoms with Gasteiger partial charge in [0, 0.05) is 12.5 Å². The van der Waals surface area contributed by atoms with E-state index in [2.05, 4.69) is 0 Å². The fourth-order valence-corrected chi connectivity index (χ4v) is 1.57. The van der Waals surface area contributed by atoms with E-state index in [0.29, 0.717) is 6.42 Å². The second kappa shape index (κ2) is 5.98. The van der Waals surface area contributed by atoms with Crippen molar-refractivity contribution in [3.05, 3.63) is 52.0 Å². The molecule has 0 fully saturated rings. The summed E-state index contributed by atoms with van der Waals surface area (Å²) >= 11 is 0. The first-order chi connectivity index (χ1) is 8.20. The summed E-state index contributed by atoms with van der Waals surface area (Å²) in [6.45, 7) is 4.00. The predicted molar refractivity (Wildman–Crippen MR) is 62.0 cm³/mol. The maximum Gasteiger partial charge on any atom is 0.279 e. The molecule has 0 saturated heterocycles. The van der Waals surface area contributed by atoms with Gasteiger partial charge in [0.05, 0.1) is 11.2 Å². The Morgan fingerprint density at radius 2 is 2.18 bits per heavy atom. The molecule has 0 saturated carbocycles. The molecule has 5 heteroatoms. The Hall–Kier alpha value is -1.91. The number of benzene rings is 1. The quantitative estimate of drug-likeness (QED) is 0.583. The molecule has 1 aliphatic heterocycles. The Balaban J connectivity index is 0.000000686. The standard InChI is InChI=1S/C10H8FNO3.C2H6/c11-7-3-1-4-8(12(13)14)10(7)9-5-2-6-15-9;1-2/h1-4,6,9H,5H2;1-2H3. The Morgan fingerprint density at radius 1 is 1.47 bits per heavy atom. The fraction of sp³-hybridized carbons (Fsp3) is 0.333. The van der Waals surface area contributed by atoms with Crippen molar-refractivity contribution >= 4 is 5.69 Å². The molecule has 0 aliphatic carbocycles. The highest BCUT2D eigenvalue weighted by Crippen LogP contribution is 2.34. The van der Waals surface area contributed by atoms with E-state index < -0.39 is 16.8 Å². The summed E-state index contributed by atoms with van der Waals surface area (Å²) < 4.78 is 18.5. The summed E-state index contributed by atoms with van der Waals surface area (Å²) in [7, 11) is 0. The highest BCUT2D eigenvalue weighted by Gasteiger charge is 2.27. The first kappa shape index (κ1) is 13.2. The van der Waals surface area contributed by atoms with E-state index in [1.54, 1.807) is 6.08 Å². The third-order valence-electron chi connectivity index (χ3n) is 2.24. The third-order valence-corrected chi connectivity index (χ3v) is 2.24. The van der Waals surface area contributed by atoms with Gasteiger partial charge in [0.15, 0.2) is 0 Å². The molecule has 1 unspecified atom stereocenters. The Bertz CT molecular complexity index is 424. The number of hydrogen-bond acceptors (Lipinski definition) is 3. The lowest BCUT2D eigenvalue weighted by Gasteiger charge is -2.11. The number of hydrogen-bond donors (Lipinski definition) is 0. The first-order valence-corrected chi connectivity index (χ1v) is 5.43. The average molecular weight is 239 g/mol. The summed E-state index contributed by atoms with van der Waals surface area (Å²) in [5.74, 6) is -0.599. The van der Waals surface area contributed by atoms with Crippen molar-refractivity contribution in [1.82, 2.24) is 0 Å². The van der Waals surface area contributed by atoms with Crippen molar-refractivity contribution in [1.29, 1.82) is 0 Å². The van der Waals surface area contributed by atoms with E-state index in [0.717, 1.165) is 0 Å². The molecule has 17 heavy (non-hydrogen) atoms. The van der Waals surface area contributed by atoms with Gasteiger partial charge in [-0.25, -0.2) is 4.39 Å². The van der Waals surface area contributed by atoms with Gasteiger partial charge in [-0.05, 0) is 12.1 Å². The number of nitro groups is 1. The van der Waals surface area contributed by atoms with Gasteiger partial charge in [-0.15, -0.1) is 0 Å². The minimum Gasteiger partial charge on any atom is -0.493 e. The van der Waals surface area contributed by atoms with Crippen LogP contribution in [0.3, 0.4) is 0 Å². The number of halogens is 1. The second-order valence-corrected chi connectivity index (χ2v) is 3.16. The van der Waals surface area contributed by atoms with Crippen LogP contribution in [0.4, 0.5) is 10.1 Å². The molecule has 4 nitrogen and oxygen atoms in total. The lowest BCUT2D eigenvalue weighted by Crippen LogP contribution is -2.04. The van der Waals surface area contributed by atoms with Crippen molar-refractivity contribution in [3.8, 4) is 0 Å². The van der Waals surface area contributed by atoms with Crippen molar-refractivity contribution in [2.75, 3.05) is 0 Å². The van der Waals surface area contributed by atoms with E-state index in [1.807, 2.05) is 13.8 Å². The molecule has 0 amide bonds. The van der Waals surface area contributed by atoms with E-state index in [-0.39, 0.29) is 11.3 Å². The zero-order chi connectivity index (χ0) is 12.8. The molecule has 1 aliphatic rings. The average Bonchev–Trinajstić information content (AvgIpc) is 2.84. The number of nitro benzene ring substituents is 1. The molecule has 1 atom stereocenters. The van der Waals surface area contributed by atoms with Crippen LogP contribution < -0.4 is 0 Å². The molecule has 0 N–H and O–H groups in total. The van der Waals surface area contributed by atoms with Gasteiger partial charge >= 0.3 is 0 Å². The number of rotatable bonds is 2. The van der Waals surface area contributed by atoms with Crippen molar-refractivity contribution in [2.24, 2.45) is 0 Å². The molecule has 0 radical (unpaired) electrons. The van der Waals surface area contributed by atoms with Crippen molar-refractivity contribution in [3.63, 3.8) is 0 Å². The normalized spacial score (nSPS) is 17.0. The SMILES string of the molecule is CC.O=[N+]([O-])c1cccc(F)c1C1CC=CO1. The van der Waals surface area contributed by atoms with Gasteiger partial charge in [0.2, 0.25) is 0 Å². The Labute approximate surface area is 98.9 Å². The molecular formula is C12H14FNO3. The molecule has 1 aromatic rings. The zero-order valence-corrected chi connectivity index (χ0v) is 9.72. The smallest absolute Gasteiger partial charge is 0.279 e. The second-order valence-electron chi connectivity index (χ2n) is 3.16. The summed E-state index contributed by atoms with van der Waals surface area (Å²) in [5, 5.41) is 10.7. The predicted octanol–water partition coefficient (Wildman–Crippen LogP) is 3.74. The Kier molecular flexibility index (Phi) is 4.63. The molecule has 0 spiro atoms. The Morgan fingerprint density at radius 3 is 2.71 bits per heavy atom. The van der Waals surface area contributed by atoms with Gasteiger partial charge in [0.1, 0.15) is 17.5 Å². The highest BCUT2D eigenvalue weighted by atomic mass is 19.1. The van der Waals surface area contributed by atoms with E-state index in [1.165, 1.54) is 24.5 Å². The van der Waals surface area contributed by atoms with Crippen LogP contribution in [0, 0.1) is 15.9 Å². The molecule has 1 heterocycles. The maximum atomic E-state index is 13.5. The van der Waals surface area contributed by atoms with E-state index >= 15 is 0 Å². The zero-order valence-electron chi connectivity index (χ0n) is 9.72. The molecule has 1 aromatic carbocycles. The molecule has 2 rings (SSSR count). The topological polar surface area (TPSA) is 52.4 Å². The highest BCUT2D eigenvalue weighted by molar-refractivity contribution is 5.43. The van der Waals surface area contributed by atoms with Crippen LogP contribution in [0.25, 0.3) is 0 Å². The molecule has 0 bridgehead atoms. The van der Waals surface area contributed by atoms with Crippen LogP contribution in [0.5, 0.6) is 0 Å². The van der Waals surface area contributed by atoms with Gasteiger partial charge < -0.3 is 4.74 Å². The van der Waals surface area contributed by atoms with E-state index in [4.69, 9.17) is 4.74 Å². The summed E-state index contributed by atoms with van der Waals surface area (Å²) in [6, 6.07) is 3.80. The van der Waals surface area contributed by atoms with Gasteiger partial charge in [0.25, 0.3) is 5.69 Å².